The highest BCUT2D eigenvalue weighted by atomic mass is 16.6. The van der Waals surface area contributed by atoms with E-state index in [-0.39, 0.29) is 12.2 Å². The van der Waals surface area contributed by atoms with Crippen LogP contribution in [-0.2, 0) is 4.74 Å². The molecule has 4 heteroatoms. The van der Waals surface area contributed by atoms with E-state index in [2.05, 4.69) is 18.3 Å². The Morgan fingerprint density at radius 3 is 2.96 bits per heavy atom. The second-order valence-electron chi connectivity index (χ2n) is 8.58. The quantitative estimate of drug-likeness (QED) is 0.524. The van der Waals surface area contributed by atoms with Crippen molar-refractivity contribution >= 4 is 6.09 Å². The Bertz CT molecular complexity index is 490. The Labute approximate surface area is 152 Å². The number of carbonyl (C=O) groups excluding carboxylic acids is 1. The van der Waals surface area contributed by atoms with Crippen molar-refractivity contribution in [2.75, 3.05) is 13.1 Å². The molecule has 3 aliphatic rings. The molecular weight excluding hydrogens is 312 g/mol. The van der Waals surface area contributed by atoms with Crippen molar-refractivity contribution in [1.29, 1.82) is 0 Å². The molecule has 4 unspecified atom stereocenters. The van der Waals surface area contributed by atoms with Crippen LogP contribution in [0.4, 0.5) is 4.79 Å². The van der Waals surface area contributed by atoms with E-state index in [1.807, 2.05) is 0 Å². The second kappa shape index (κ2) is 8.57. The van der Waals surface area contributed by atoms with Gasteiger partial charge >= 0.3 is 6.09 Å². The summed E-state index contributed by atoms with van der Waals surface area (Å²) in [7, 11) is 0. The van der Waals surface area contributed by atoms with Crippen LogP contribution in [0, 0.1) is 17.3 Å². The van der Waals surface area contributed by atoms with Gasteiger partial charge in [0.2, 0.25) is 0 Å². The minimum Gasteiger partial charge on any atom is -0.446 e. The number of amides is 1. The highest BCUT2D eigenvalue weighted by molar-refractivity contribution is 5.67. The van der Waals surface area contributed by atoms with Crippen molar-refractivity contribution < 1.29 is 9.53 Å². The number of nitrogens with one attached hydrogen (secondary N) is 1. The van der Waals surface area contributed by atoms with Crippen molar-refractivity contribution in [1.82, 2.24) is 5.32 Å². The van der Waals surface area contributed by atoms with Crippen LogP contribution in [0.5, 0.6) is 0 Å². The molecule has 4 nitrogen and oxygen atoms in total. The lowest BCUT2D eigenvalue weighted by atomic mass is 9.57. The lowest BCUT2D eigenvalue weighted by Crippen LogP contribution is -2.42. The van der Waals surface area contributed by atoms with Gasteiger partial charge in [0.05, 0.1) is 0 Å². The van der Waals surface area contributed by atoms with Gasteiger partial charge in [0, 0.05) is 13.0 Å². The number of unbranched alkanes of at least 4 members (excludes halogenated alkanes) is 3. The Morgan fingerprint density at radius 1 is 1.28 bits per heavy atom. The number of carbonyl (C=O) groups is 1. The molecule has 4 atom stereocenters. The molecule has 3 rings (SSSR count). The number of alkyl carbamates (subject to hydrolysis) is 1. The van der Waals surface area contributed by atoms with Gasteiger partial charge in [-0.2, -0.15) is 0 Å². The number of fused-ring (bicyclic) bond motifs is 3. The normalized spacial score (nSPS) is 34.0. The van der Waals surface area contributed by atoms with Crippen molar-refractivity contribution in [2.45, 2.75) is 83.7 Å². The largest absolute Gasteiger partial charge is 0.446 e. The predicted octanol–water partition coefficient (Wildman–Crippen LogP) is 4.54. The molecule has 0 aromatic heterocycles. The highest BCUT2D eigenvalue weighted by Crippen LogP contribution is 2.57. The predicted molar refractivity (Wildman–Crippen MR) is 101 cm³/mol. The lowest BCUT2D eigenvalue weighted by molar-refractivity contribution is 0.0413. The van der Waals surface area contributed by atoms with Crippen LogP contribution in [0.2, 0.25) is 0 Å². The SMILES string of the molecule is CC12CCC(OC(=O)NCCCCCCN)CC1=CCC1CCCC12. The maximum absolute atomic E-state index is 12.0. The average Bonchev–Trinajstić information content (AvgIpc) is 3.08. The molecule has 25 heavy (non-hydrogen) atoms. The minimum atomic E-state index is -0.234. The van der Waals surface area contributed by atoms with Gasteiger partial charge in [-0.05, 0) is 68.7 Å². The van der Waals surface area contributed by atoms with E-state index >= 15 is 0 Å². The fraction of sp³-hybridized carbons (Fsp3) is 0.857. The maximum atomic E-state index is 12.0. The summed E-state index contributed by atoms with van der Waals surface area (Å²) in [6.07, 6.45) is 15.3. The number of allylic oxidation sites excluding steroid dienone is 1. The summed E-state index contributed by atoms with van der Waals surface area (Å²) < 4.78 is 5.71. The van der Waals surface area contributed by atoms with Crippen molar-refractivity contribution in [2.24, 2.45) is 23.0 Å². The first kappa shape index (κ1) is 18.8. The minimum absolute atomic E-state index is 0.0644. The second-order valence-corrected chi connectivity index (χ2v) is 8.58. The van der Waals surface area contributed by atoms with Gasteiger partial charge < -0.3 is 15.8 Å². The van der Waals surface area contributed by atoms with E-state index < -0.39 is 0 Å². The van der Waals surface area contributed by atoms with Crippen LogP contribution in [0.3, 0.4) is 0 Å². The van der Waals surface area contributed by atoms with E-state index in [1.54, 1.807) is 5.57 Å². The Morgan fingerprint density at radius 2 is 2.12 bits per heavy atom. The summed E-state index contributed by atoms with van der Waals surface area (Å²) in [5.74, 6) is 1.78. The zero-order valence-electron chi connectivity index (χ0n) is 15.9. The van der Waals surface area contributed by atoms with Crippen molar-refractivity contribution in [3.05, 3.63) is 11.6 Å². The first-order valence-electron chi connectivity index (χ1n) is 10.5. The summed E-state index contributed by atoms with van der Waals surface area (Å²) in [6, 6.07) is 0. The van der Waals surface area contributed by atoms with Gasteiger partial charge in [-0.3, -0.25) is 0 Å². The molecule has 3 aliphatic carbocycles. The molecule has 2 fully saturated rings. The van der Waals surface area contributed by atoms with Crippen LogP contribution >= 0.6 is 0 Å². The number of hydrogen-bond donors (Lipinski definition) is 2. The van der Waals surface area contributed by atoms with Gasteiger partial charge in [-0.15, -0.1) is 0 Å². The first-order chi connectivity index (χ1) is 12.1. The molecule has 1 amide bonds. The Kier molecular flexibility index (Phi) is 6.43. The molecule has 0 aromatic carbocycles. The summed E-state index contributed by atoms with van der Waals surface area (Å²) in [6.45, 7) is 3.94. The number of rotatable bonds is 7. The summed E-state index contributed by atoms with van der Waals surface area (Å²) >= 11 is 0. The summed E-state index contributed by atoms with van der Waals surface area (Å²) in [4.78, 5) is 12.0. The molecule has 0 heterocycles. The van der Waals surface area contributed by atoms with E-state index in [0.717, 1.165) is 56.9 Å². The van der Waals surface area contributed by atoms with Gasteiger partial charge in [-0.25, -0.2) is 4.79 Å². The first-order valence-corrected chi connectivity index (χ1v) is 10.5. The zero-order valence-corrected chi connectivity index (χ0v) is 15.9. The lowest BCUT2D eigenvalue weighted by Gasteiger charge is -2.48. The Hall–Kier alpha value is -1.03. The van der Waals surface area contributed by atoms with Crippen LogP contribution in [0.25, 0.3) is 0 Å². The third kappa shape index (κ3) is 4.39. The van der Waals surface area contributed by atoms with Crippen LogP contribution in [0.1, 0.15) is 77.6 Å². The summed E-state index contributed by atoms with van der Waals surface area (Å²) in [5, 5.41) is 2.91. The third-order valence-electron chi connectivity index (χ3n) is 6.99. The molecule has 142 valence electrons. The van der Waals surface area contributed by atoms with E-state index in [9.17, 15) is 4.79 Å². The molecule has 0 saturated heterocycles. The van der Waals surface area contributed by atoms with Crippen LogP contribution in [0.15, 0.2) is 11.6 Å². The van der Waals surface area contributed by atoms with Crippen LogP contribution < -0.4 is 11.1 Å². The molecule has 0 aromatic rings. The molecule has 0 spiro atoms. The Balaban J connectivity index is 1.41. The number of ether oxygens (including phenoxy) is 1. The van der Waals surface area contributed by atoms with Crippen molar-refractivity contribution in [3.8, 4) is 0 Å². The number of nitrogens with two attached hydrogens (primary N) is 1. The van der Waals surface area contributed by atoms with E-state index in [0.29, 0.717) is 12.0 Å². The van der Waals surface area contributed by atoms with Gasteiger partial charge in [0.1, 0.15) is 6.10 Å². The van der Waals surface area contributed by atoms with E-state index in [4.69, 9.17) is 10.5 Å². The molecule has 2 saturated carbocycles. The van der Waals surface area contributed by atoms with Gasteiger partial charge in [0.25, 0.3) is 0 Å². The fourth-order valence-electron chi connectivity index (χ4n) is 5.50. The smallest absolute Gasteiger partial charge is 0.407 e. The average molecular weight is 349 g/mol. The molecule has 0 aliphatic heterocycles. The third-order valence-corrected chi connectivity index (χ3v) is 6.99. The van der Waals surface area contributed by atoms with Gasteiger partial charge in [0.15, 0.2) is 0 Å². The van der Waals surface area contributed by atoms with Gasteiger partial charge in [-0.1, -0.05) is 37.8 Å². The highest BCUT2D eigenvalue weighted by Gasteiger charge is 2.48. The fourth-order valence-corrected chi connectivity index (χ4v) is 5.50. The molecule has 0 radical (unpaired) electrons. The molecule has 3 N–H and O–H groups in total. The number of hydrogen-bond acceptors (Lipinski definition) is 3. The van der Waals surface area contributed by atoms with Crippen molar-refractivity contribution in [3.63, 3.8) is 0 Å². The topological polar surface area (TPSA) is 64.3 Å². The monoisotopic (exact) mass is 348 g/mol. The molecular formula is C21H36N2O2. The summed E-state index contributed by atoms with van der Waals surface area (Å²) in [5.41, 5.74) is 7.43. The van der Waals surface area contributed by atoms with Crippen LogP contribution in [-0.4, -0.2) is 25.3 Å². The maximum Gasteiger partial charge on any atom is 0.407 e. The zero-order chi connectivity index (χ0) is 17.7. The molecule has 0 bridgehead atoms. The standard InChI is InChI=1S/C21H36N2O2/c1-21-12-11-18(25-20(24)23-14-5-3-2-4-13-22)15-17(21)10-9-16-7-6-8-19(16)21/h10,16,18-19H,2-9,11-15,22H2,1H3,(H,23,24). The van der Waals surface area contributed by atoms with E-state index in [1.165, 1.54) is 32.1 Å².